The number of aromatic nitrogens is 2. The van der Waals surface area contributed by atoms with Gasteiger partial charge in [-0.2, -0.15) is 0 Å². The summed E-state index contributed by atoms with van der Waals surface area (Å²) in [6.07, 6.45) is 8.32. The Morgan fingerprint density at radius 2 is 1.40 bits per heavy atom. The first-order valence-electron chi connectivity index (χ1n) is 9.31. The van der Waals surface area contributed by atoms with Crippen LogP contribution in [0.1, 0.15) is 59.6 Å². The van der Waals surface area contributed by atoms with Crippen LogP contribution in [0.4, 0.5) is 0 Å². The number of likely N-dealkylation sites (tertiary alicyclic amines) is 2. The van der Waals surface area contributed by atoms with E-state index in [1.165, 1.54) is 12.8 Å². The summed E-state index contributed by atoms with van der Waals surface area (Å²) < 4.78 is 1.77. The largest absolute Gasteiger partial charge is 0.337 e. The summed E-state index contributed by atoms with van der Waals surface area (Å²) in [5.74, 6) is 0.232. The standard InChI is InChI=1S/C19H24N4O2/c24-18(21-10-4-1-2-5-11-21)16-15-9-3-6-14-23(15)17(20-16)19(25)22-12-7-8-13-22/h3,6,9,14H,1-2,4-5,7-8,10-13H2. The highest BCUT2D eigenvalue weighted by molar-refractivity contribution is 6.02. The van der Waals surface area contributed by atoms with Crippen molar-refractivity contribution in [2.75, 3.05) is 26.2 Å². The van der Waals surface area contributed by atoms with Crippen LogP contribution in [0.3, 0.4) is 0 Å². The van der Waals surface area contributed by atoms with Crippen molar-refractivity contribution in [3.05, 3.63) is 35.9 Å². The van der Waals surface area contributed by atoms with Gasteiger partial charge in [-0.05, 0) is 37.8 Å². The average molecular weight is 340 g/mol. The van der Waals surface area contributed by atoms with E-state index < -0.39 is 0 Å². The fraction of sp³-hybridized carbons (Fsp3) is 0.526. The lowest BCUT2D eigenvalue weighted by atomic mass is 10.2. The van der Waals surface area contributed by atoms with Crippen molar-refractivity contribution >= 4 is 17.3 Å². The van der Waals surface area contributed by atoms with Crippen LogP contribution in [0, 0.1) is 0 Å². The fourth-order valence-corrected chi connectivity index (χ4v) is 3.83. The van der Waals surface area contributed by atoms with Gasteiger partial charge < -0.3 is 9.80 Å². The number of fused-ring (bicyclic) bond motifs is 1. The van der Waals surface area contributed by atoms with Crippen LogP contribution >= 0.6 is 0 Å². The van der Waals surface area contributed by atoms with Gasteiger partial charge in [-0.15, -0.1) is 0 Å². The number of pyridine rings is 1. The van der Waals surface area contributed by atoms with E-state index in [2.05, 4.69) is 4.98 Å². The Labute approximate surface area is 147 Å². The molecule has 132 valence electrons. The molecule has 2 aromatic rings. The molecule has 2 aromatic heterocycles. The first-order valence-corrected chi connectivity index (χ1v) is 9.31. The van der Waals surface area contributed by atoms with E-state index in [1.54, 1.807) is 4.40 Å². The predicted octanol–water partition coefficient (Wildman–Crippen LogP) is 2.59. The number of imidazole rings is 1. The Kier molecular flexibility index (Phi) is 4.42. The molecular formula is C19H24N4O2. The molecule has 0 spiro atoms. The van der Waals surface area contributed by atoms with Gasteiger partial charge in [0.1, 0.15) is 0 Å². The molecule has 0 atom stereocenters. The third-order valence-electron chi connectivity index (χ3n) is 5.23. The maximum Gasteiger partial charge on any atom is 0.290 e. The first-order chi connectivity index (χ1) is 12.3. The molecule has 0 bridgehead atoms. The Morgan fingerprint density at radius 1 is 0.800 bits per heavy atom. The van der Waals surface area contributed by atoms with E-state index in [0.29, 0.717) is 11.5 Å². The summed E-state index contributed by atoms with van der Waals surface area (Å²) in [4.78, 5) is 34.1. The Morgan fingerprint density at radius 3 is 2.08 bits per heavy atom. The van der Waals surface area contributed by atoms with E-state index in [4.69, 9.17) is 0 Å². The van der Waals surface area contributed by atoms with E-state index in [1.807, 2.05) is 34.2 Å². The first kappa shape index (κ1) is 16.1. The SMILES string of the molecule is O=C(c1nc(C(=O)N2CCCC2)n2ccccc12)N1CCCCCC1. The summed E-state index contributed by atoms with van der Waals surface area (Å²) in [5, 5.41) is 0. The molecule has 0 unspecified atom stereocenters. The lowest BCUT2D eigenvalue weighted by Crippen LogP contribution is -2.32. The number of carbonyl (C=O) groups is 2. The topological polar surface area (TPSA) is 57.9 Å². The van der Waals surface area contributed by atoms with Crippen molar-refractivity contribution in [3.63, 3.8) is 0 Å². The Balaban J connectivity index is 1.71. The minimum absolute atomic E-state index is 0.0499. The fourth-order valence-electron chi connectivity index (χ4n) is 3.83. The normalized spacial score (nSPS) is 18.6. The van der Waals surface area contributed by atoms with Gasteiger partial charge in [0.05, 0.1) is 5.52 Å². The highest BCUT2D eigenvalue weighted by atomic mass is 16.2. The van der Waals surface area contributed by atoms with Gasteiger partial charge in [0.2, 0.25) is 5.82 Å². The number of hydrogen-bond acceptors (Lipinski definition) is 3. The number of amides is 2. The van der Waals surface area contributed by atoms with Gasteiger partial charge in [-0.3, -0.25) is 14.0 Å². The molecule has 4 heterocycles. The molecule has 6 heteroatoms. The van der Waals surface area contributed by atoms with Gasteiger partial charge in [-0.1, -0.05) is 18.9 Å². The van der Waals surface area contributed by atoms with Crippen molar-refractivity contribution in [2.45, 2.75) is 38.5 Å². The molecule has 2 aliphatic rings. The van der Waals surface area contributed by atoms with E-state index in [-0.39, 0.29) is 11.8 Å². The maximum absolute atomic E-state index is 13.0. The van der Waals surface area contributed by atoms with Gasteiger partial charge in [-0.25, -0.2) is 4.98 Å². The second kappa shape index (κ2) is 6.86. The third-order valence-corrected chi connectivity index (χ3v) is 5.23. The number of rotatable bonds is 2. The highest BCUT2D eigenvalue weighted by Crippen LogP contribution is 2.20. The van der Waals surface area contributed by atoms with Gasteiger partial charge in [0.25, 0.3) is 11.8 Å². The minimum Gasteiger partial charge on any atom is -0.337 e. The number of nitrogens with zero attached hydrogens (tertiary/aromatic N) is 4. The summed E-state index contributed by atoms with van der Waals surface area (Å²) in [6, 6.07) is 5.63. The third kappa shape index (κ3) is 3.01. The second-order valence-corrected chi connectivity index (χ2v) is 6.95. The molecule has 2 saturated heterocycles. The molecule has 4 rings (SSSR count). The van der Waals surface area contributed by atoms with Crippen LogP contribution in [0.2, 0.25) is 0 Å². The van der Waals surface area contributed by atoms with Gasteiger partial charge in [0, 0.05) is 32.4 Å². The van der Waals surface area contributed by atoms with Crippen molar-refractivity contribution in [1.29, 1.82) is 0 Å². The quantitative estimate of drug-likeness (QED) is 0.844. The lowest BCUT2D eigenvalue weighted by molar-refractivity contribution is 0.0758. The zero-order valence-electron chi connectivity index (χ0n) is 14.5. The van der Waals surface area contributed by atoms with Crippen LogP contribution in [-0.4, -0.2) is 57.2 Å². The molecule has 6 nitrogen and oxygen atoms in total. The molecule has 0 N–H and O–H groups in total. The minimum atomic E-state index is -0.0754. The van der Waals surface area contributed by atoms with E-state index >= 15 is 0 Å². The van der Waals surface area contributed by atoms with Crippen LogP contribution in [0.5, 0.6) is 0 Å². The van der Waals surface area contributed by atoms with Crippen molar-refractivity contribution in [2.24, 2.45) is 0 Å². The van der Waals surface area contributed by atoms with Crippen molar-refractivity contribution in [1.82, 2.24) is 19.2 Å². The number of hydrogen-bond donors (Lipinski definition) is 0. The average Bonchev–Trinajstić information content (AvgIpc) is 3.22. The molecular weight excluding hydrogens is 316 g/mol. The molecule has 25 heavy (non-hydrogen) atoms. The Bertz CT molecular complexity index is 784. The van der Waals surface area contributed by atoms with Crippen LogP contribution < -0.4 is 0 Å². The molecule has 2 fully saturated rings. The zero-order chi connectivity index (χ0) is 17.2. The highest BCUT2D eigenvalue weighted by Gasteiger charge is 2.28. The van der Waals surface area contributed by atoms with Crippen molar-refractivity contribution in [3.8, 4) is 0 Å². The van der Waals surface area contributed by atoms with Crippen molar-refractivity contribution < 1.29 is 9.59 Å². The molecule has 0 aromatic carbocycles. The second-order valence-electron chi connectivity index (χ2n) is 6.95. The van der Waals surface area contributed by atoms with Crippen LogP contribution in [0.25, 0.3) is 5.52 Å². The predicted molar refractivity (Wildman–Crippen MR) is 94.7 cm³/mol. The van der Waals surface area contributed by atoms with Gasteiger partial charge >= 0.3 is 0 Å². The molecule has 2 aliphatic heterocycles. The molecule has 0 radical (unpaired) electrons. The summed E-state index contributed by atoms with van der Waals surface area (Å²) in [6.45, 7) is 3.10. The summed E-state index contributed by atoms with van der Waals surface area (Å²) >= 11 is 0. The zero-order valence-corrected chi connectivity index (χ0v) is 14.5. The molecule has 0 saturated carbocycles. The maximum atomic E-state index is 13.0. The summed E-state index contributed by atoms with van der Waals surface area (Å²) in [7, 11) is 0. The number of carbonyl (C=O) groups excluding carboxylic acids is 2. The molecule has 2 amide bonds. The lowest BCUT2D eigenvalue weighted by Gasteiger charge is -2.19. The van der Waals surface area contributed by atoms with E-state index in [0.717, 1.165) is 57.4 Å². The molecule has 0 aliphatic carbocycles. The Hall–Kier alpha value is -2.37. The monoisotopic (exact) mass is 340 g/mol. The van der Waals surface area contributed by atoms with Crippen LogP contribution in [0.15, 0.2) is 24.4 Å². The van der Waals surface area contributed by atoms with E-state index in [9.17, 15) is 9.59 Å². The smallest absolute Gasteiger partial charge is 0.290 e. The van der Waals surface area contributed by atoms with Crippen LogP contribution in [-0.2, 0) is 0 Å². The summed E-state index contributed by atoms with van der Waals surface area (Å²) in [5.41, 5.74) is 1.13. The van der Waals surface area contributed by atoms with Gasteiger partial charge in [0.15, 0.2) is 5.69 Å².